The Morgan fingerprint density at radius 3 is 2.67 bits per heavy atom. The number of rotatable bonds is 4. The summed E-state index contributed by atoms with van der Waals surface area (Å²) in [6, 6.07) is 3.75. The Morgan fingerprint density at radius 2 is 2.05 bits per heavy atom. The van der Waals surface area contributed by atoms with E-state index < -0.39 is 5.97 Å². The van der Waals surface area contributed by atoms with Crippen LogP contribution in [0.15, 0.2) is 23.1 Å². The summed E-state index contributed by atoms with van der Waals surface area (Å²) >= 11 is 0. The molecule has 0 atom stereocenters. The van der Waals surface area contributed by atoms with E-state index in [1.807, 2.05) is 19.1 Å². The standard InChI is InChI=1S/C15H17N3O3/c1-9-5-4-6-16-13(9)8-18-11(3)12(7-14(19)20)10(2)17-15(18)21/h4-6H,7-8H2,1-3H3,(H,19,20). The quantitative estimate of drug-likeness (QED) is 0.914. The molecule has 110 valence electrons. The maximum Gasteiger partial charge on any atom is 0.348 e. The number of hydrogen-bond donors (Lipinski definition) is 1. The third-order valence-electron chi connectivity index (χ3n) is 3.53. The fraction of sp³-hybridized carbons (Fsp3) is 0.333. The van der Waals surface area contributed by atoms with Gasteiger partial charge in [-0.15, -0.1) is 0 Å². The zero-order valence-corrected chi connectivity index (χ0v) is 12.3. The van der Waals surface area contributed by atoms with E-state index in [2.05, 4.69) is 9.97 Å². The molecule has 6 heteroatoms. The third kappa shape index (κ3) is 3.16. The highest BCUT2D eigenvalue weighted by molar-refractivity contribution is 5.70. The minimum absolute atomic E-state index is 0.147. The summed E-state index contributed by atoms with van der Waals surface area (Å²) in [6.45, 7) is 5.61. The maximum absolute atomic E-state index is 12.1. The van der Waals surface area contributed by atoms with Gasteiger partial charge in [0.2, 0.25) is 0 Å². The Kier molecular flexibility index (Phi) is 4.16. The van der Waals surface area contributed by atoms with Gasteiger partial charge in [-0.05, 0) is 32.4 Å². The van der Waals surface area contributed by atoms with Gasteiger partial charge in [0.05, 0.1) is 18.7 Å². The first-order valence-electron chi connectivity index (χ1n) is 6.59. The van der Waals surface area contributed by atoms with Crippen molar-refractivity contribution in [3.8, 4) is 0 Å². The lowest BCUT2D eigenvalue weighted by Crippen LogP contribution is -2.29. The number of aliphatic carboxylic acids is 1. The van der Waals surface area contributed by atoms with Crippen molar-refractivity contribution in [1.29, 1.82) is 0 Å². The molecule has 21 heavy (non-hydrogen) atoms. The van der Waals surface area contributed by atoms with Crippen LogP contribution in [0.2, 0.25) is 0 Å². The van der Waals surface area contributed by atoms with Gasteiger partial charge in [-0.2, -0.15) is 4.98 Å². The highest BCUT2D eigenvalue weighted by Gasteiger charge is 2.15. The zero-order chi connectivity index (χ0) is 15.6. The minimum Gasteiger partial charge on any atom is -0.481 e. The van der Waals surface area contributed by atoms with Gasteiger partial charge in [0.25, 0.3) is 0 Å². The van der Waals surface area contributed by atoms with Crippen LogP contribution in [-0.4, -0.2) is 25.6 Å². The molecule has 1 N–H and O–H groups in total. The van der Waals surface area contributed by atoms with Crippen LogP contribution in [0, 0.1) is 20.8 Å². The number of aryl methyl sites for hydroxylation is 2. The number of carboxylic acid groups (broad SMARTS) is 1. The molecule has 0 aliphatic rings. The molecule has 2 aromatic rings. The van der Waals surface area contributed by atoms with E-state index in [1.54, 1.807) is 20.0 Å². The van der Waals surface area contributed by atoms with Crippen molar-refractivity contribution in [1.82, 2.24) is 14.5 Å². The van der Waals surface area contributed by atoms with E-state index in [0.717, 1.165) is 11.3 Å². The first-order chi connectivity index (χ1) is 9.90. The van der Waals surface area contributed by atoms with Gasteiger partial charge in [0.15, 0.2) is 0 Å². The fourth-order valence-electron chi connectivity index (χ4n) is 2.27. The molecular formula is C15H17N3O3. The van der Waals surface area contributed by atoms with E-state index in [9.17, 15) is 9.59 Å². The topological polar surface area (TPSA) is 85.1 Å². The van der Waals surface area contributed by atoms with E-state index in [0.29, 0.717) is 17.0 Å². The Balaban J connectivity index is 2.51. The zero-order valence-electron chi connectivity index (χ0n) is 12.3. The minimum atomic E-state index is -0.942. The number of pyridine rings is 1. The molecule has 0 bridgehead atoms. The van der Waals surface area contributed by atoms with Crippen molar-refractivity contribution in [2.75, 3.05) is 0 Å². The normalized spacial score (nSPS) is 10.6. The molecule has 0 radical (unpaired) electrons. The van der Waals surface area contributed by atoms with E-state index in [4.69, 9.17) is 5.11 Å². The monoisotopic (exact) mass is 287 g/mol. The average molecular weight is 287 g/mol. The number of aromatic nitrogens is 3. The fourth-order valence-corrected chi connectivity index (χ4v) is 2.27. The van der Waals surface area contributed by atoms with Crippen molar-refractivity contribution < 1.29 is 9.90 Å². The molecule has 0 saturated carbocycles. The van der Waals surface area contributed by atoms with E-state index in [-0.39, 0.29) is 18.7 Å². The van der Waals surface area contributed by atoms with Crippen LogP contribution >= 0.6 is 0 Å². The van der Waals surface area contributed by atoms with E-state index >= 15 is 0 Å². The van der Waals surface area contributed by atoms with Crippen LogP contribution in [0.4, 0.5) is 0 Å². The number of nitrogens with zero attached hydrogens (tertiary/aromatic N) is 3. The molecule has 0 aliphatic heterocycles. The summed E-state index contributed by atoms with van der Waals surface area (Å²) in [5.41, 5.74) is 3.03. The lowest BCUT2D eigenvalue weighted by atomic mass is 10.1. The summed E-state index contributed by atoms with van der Waals surface area (Å²) < 4.78 is 1.47. The Morgan fingerprint density at radius 1 is 1.33 bits per heavy atom. The van der Waals surface area contributed by atoms with Gasteiger partial charge >= 0.3 is 11.7 Å². The summed E-state index contributed by atoms with van der Waals surface area (Å²) in [7, 11) is 0. The van der Waals surface area contributed by atoms with Gasteiger partial charge in [0, 0.05) is 23.1 Å². The summed E-state index contributed by atoms with van der Waals surface area (Å²) in [5.74, 6) is -0.942. The summed E-state index contributed by atoms with van der Waals surface area (Å²) in [6.07, 6.45) is 1.52. The summed E-state index contributed by atoms with van der Waals surface area (Å²) in [4.78, 5) is 31.2. The predicted octanol–water partition coefficient (Wildman–Crippen LogP) is 1.24. The van der Waals surface area contributed by atoms with Gasteiger partial charge in [0.1, 0.15) is 0 Å². The van der Waals surface area contributed by atoms with E-state index in [1.165, 1.54) is 4.57 Å². The van der Waals surface area contributed by atoms with Crippen molar-refractivity contribution in [3.05, 3.63) is 57.0 Å². The second-order valence-corrected chi connectivity index (χ2v) is 4.97. The van der Waals surface area contributed by atoms with Gasteiger partial charge in [-0.25, -0.2) is 4.79 Å². The molecule has 0 unspecified atom stereocenters. The predicted molar refractivity (Wildman–Crippen MR) is 77.4 cm³/mol. The van der Waals surface area contributed by atoms with Crippen LogP contribution in [0.1, 0.15) is 28.2 Å². The Hall–Kier alpha value is -2.50. The SMILES string of the molecule is Cc1cccnc1Cn1c(C)c(CC(=O)O)c(C)nc1=O. The van der Waals surface area contributed by atoms with Gasteiger partial charge < -0.3 is 5.11 Å². The first kappa shape index (κ1) is 14.9. The average Bonchev–Trinajstić information content (AvgIpc) is 2.41. The Bertz CT molecular complexity index is 750. The molecule has 0 aliphatic carbocycles. The van der Waals surface area contributed by atoms with Crippen molar-refractivity contribution in [2.45, 2.75) is 33.7 Å². The lowest BCUT2D eigenvalue weighted by Gasteiger charge is -2.15. The number of carbonyl (C=O) groups is 1. The molecule has 2 rings (SSSR count). The van der Waals surface area contributed by atoms with Crippen LogP contribution in [0.5, 0.6) is 0 Å². The lowest BCUT2D eigenvalue weighted by molar-refractivity contribution is -0.136. The molecule has 0 spiro atoms. The van der Waals surface area contributed by atoms with Crippen molar-refractivity contribution in [2.24, 2.45) is 0 Å². The first-order valence-corrected chi connectivity index (χ1v) is 6.59. The van der Waals surface area contributed by atoms with Crippen LogP contribution < -0.4 is 5.69 Å². The number of hydrogen-bond acceptors (Lipinski definition) is 4. The molecular weight excluding hydrogens is 270 g/mol. The highest BCUT2D eigenvalue weighted by atomic mass is 16.4. The molecule has 0 fully saturated rings. The van der Waals surface area contributed by atoms with Gasteiger partial charge in [-0.3, -0.25) is 14.3 Å². The van der Waals surface area contributed by atoms with Crippen LogP contribution in [0.25, 0.3) is 0 Å². The van der Waals surface area contributed by atoms with Crippen LogP contribution in [0.3, 0.4) is 0 Å². The smallest absolute Gasteiger partial charge is 0.348 e. The maximum atomic E-state index is 12.1. The molecule has 2 aromatic heterocycles. The molecule has 0 aromatic carbocycles. The second kappa shape index (κ2) is 5.87. The third-order valence-corrected chi connectivity index (χ3v) is 3.53. The van der Waals surface area contributed by atoms with Gasteiger partial charge in [-0.1, -0.05) is 6.07 Å². The molecule has 0 saturated heterocycles. The largest absolute Gasteiger partial charge is 0.481 e. The van der Waals surface area contributed by atoms with Crippen LogP contribution in [-0.2, 0) is 17.8 Å². The van der Waals surface area contributed by atoms with Crippen molar-refractivity contribution >= 4 is 5.97 Å². The highest BCUT2D eigenvalue weighted by Crippen LogP contribution is 2.12. The molecule has 2 heterocycles. The second-order valence-electron chi connectivity index (χ2n) is 4.97. The Labute approximate surface area is 122 Å². The molecule has 0 amide bonds. The number of carboxylic acids is 1. The van der Waals surface area contributed by atoms with Crippen molar-refractivity contribution in [3.63, 3.8) is 0 Å². The molecule has 6 nitrogen and oxygen atoms in total. The summed E-state index contributed by atoms with van der Waals surface area (Å²) in [5, 5.41) is 8.98.